The van der Waals surface area contributed by atoms with Crippen molar-refractivity contribution in [1.82, 2.24) is 20.2 Å². The van der Waals surface area contributed by atoms with Gasteiger partial charge < -0.3 is 20.3 Å². The van der Waals surface area contributed by atoms with E-state index in [9.17, 15) is 23.1 Å². The van der Waals surface area contributed by atoms with Gasteiger partial charge >= 0.3 is 6.18 Å². The minimum Gasteiger partial charge on any atom is -0.373 e. The molecule has 6 nitrogen and oxygen atoms in total. The van der Waals surface area contributed by atoms with Crippen LogP contribution < -0.4 is 5.32 Å². The Labute approximate surface area is 195 Å². The lowest BCUT2D eigenvalue weighted by molar-refractivity contribution is -0.250. The molecule has 1 amide bonds. The first kappa shape index (κ1) is 22.9. The molecule has 3 aromatic rings. The fourth-order valence-corrected chi connectivity index (χ4v) is 5.06. The standard InChI is InChI=1S/C25H27F3N4O2/c1-14-11-30-22-19(14)10-16(12-31-22)15-8-17-13-32(23(33)24(2,34)25(26,27)28)7-5-18(17)20(9-15)21-4-3-6-29-21/h8-12,21,29,34H,3-7,13H2,1-2H3,(H,30,31). The molecule has 4 heterocycles. The molecule has 1 aromatic carbocycles. The van der Waals surface area contributed by atoms with Gasteiger partial charge in [-0.05, 0) is 85.7 Å². The van der Waals surface area contributed by atoms with Crippen LogP contribution in [0.4, 0.5) is 13.2 Å². The normalized spacial score (nSPS) is 20.4. The average Bonchev–Trinajstić information content (AvgIpc) is 3.47. The first-order chi connectivity index (χ1) is 16.1. The van der Waals surface area contributed by atoms with Crippen molar-refractivity contribution in [3.8, 4) is 11.1 Å². The van der Waals surface area contributed by atoms with E-state index < -0.39 is 17.7 Å². The Kier molecular flexibility index (Phi) is 5.44. The van der Waals surface area contributed by atoms with Gasteiger partial charge in [0, 0.05) is 42.5 Å². The number of nitrogens with zero attached hydrogens (tertiary/aromatic N) is 2. The quantitative estimate of drug-likeness (QED) is 0.535. The highest BCUT2D eigenvalue weighted by molar-refractivity contribution is 5.86. The molecule has 1 saturated heterocycles. The number of benzene rings is 1. The lowest BCUT2D eigenvalue weighted by Crippen LogP contribution is -2.56. The number of halogens is 3. The van der Waals surface area contributed by atoms with Gasteiger partial charge in [0.1, 0.15) is 5.65 Å². The minimum atomic E-state index is -5.04. The van der Waals surface area contributed by atoms with E-state index in [1.165, 1.54) is 0 Å². The minimum absolute atomic E-state index is 0.0206. The molecule has 1 fully saturated rings. The molecule has 3 N–H and O–H groups in total. The largest absolute Gasteiger partial charge is 0.426 e. The molecule has 180 valence electrons. The van der Waals surface area contributed by atoms with Crippen LogP contribution in [-0.2, 0) is 17.8 Å². The number of pyridine rings is 1. The van der Waals surface area contributed by atoms with Crippen molar-refractivity contribution < 1.29 is 23.1 Å². The second kappa shape index (κ2) is 8.09. The second-order valence-corrected chi connectivity index (χ2v) is 9.49. The van der Waals surface area contributed by atoms with Crippen LogP contribution in [0.25, 0.3) is 22.2 Å². The summed E-state index contributed by atoms with van der Waals surface area (Å²) >= 11 is 0. The molecule has 2 atom stereocenters. The highest BCUT2D eigenvalue weighted by Crippen LogP contribution is 2.38. The summed E-state index contributed by atoms with van der Waals surface area (Å²) in [6.07, 6.45) is 1.12. The summed E-state index contributed by atoms with van der Waals surface area (Å²) in [5, 5.41) is 14.5. The lowest BCUT2D eigenvalue weighted by atomic mass is 9.86. The number of aliphatic hydroxyl groups is 1. The number of fused-ring (bicyclic) bond motifs is 2. The molecule has 0 saturated carbocycles. The number of carbonyl (C=O) groups excluding carboxylic acids is 1. The molecule has 0 radical (unpaired) electrons. The molecule has 9 heteroatoms. The van der Waals surface area contributed by atoms with Crippen molar-refractivity contribution in [1.29, 1.82) is 0 Å². The Hall–Kier alpha value is -2.91. The van der Waals surface area contributed by atoms with Crippen molar-refractivity contribution in [2.24, 2.45) is 0 Å². The van der Waals surface area contributed by atoms with E-state index in [0.29, 0.717) is 13.3 Å². The maximum absolute atomic E-state index is 13.3. The van der Waals surface area contributed by atoms with Gasteiger partial charge in [0.05, 0.1) is 0 Å². The Bertz CT molecular complexity index is 1260. The molecule has 34 heavy (non-hydrogen) atoms. The summed E-state index contributed by atoms with van der Waals surface area (Å²) in [5.74, 6) is -1.32. The summed E-state index contributed by atoms with van der Waals surface area (Å²) < 4.78 is 39.9. The number of aromatic nitrogens is 2. The number of aromatic amines is 1. The van der Waals surface area contributed by atoms with Crippen LogP contribution in [0.2, 0.25) is 0 Å². The van der Waals surface area contributed by atoms with E-state index in [-0.39, 0.29) is 19.1 Å². The van der Waals surface area contributed by atoms with E-state index in [4.69, 9.17) is 0 Å². The third kappa shape index (κ3) is 3.76. The number of aryl methyl sites for hydroxylation is 1. The topological polar surface area (TPSA) is 81.2 Å². The van der Waals surface area contributed by atoms with Crippen LogP contribution in [0.3, 0.4) is 0 Å². The van der Waals surface area contributed by atoms with Crippen molar-refractivity contribution in [2.75, 3.05) is 13.1 Å². The Balaban J connectivity index is 1.57. The summed E-state index contributed by atoms with van der Waals surface area (Å²) in [6, 6.07) is 6.32. The number of carbonyl (C=O) groups is 1. The Morgan fingerprint density at radius 3 is 2.74 bits per heavy atom. The van der Waals surface area contributed by atoms with Crippen LogP contribution in [0, 0.1) is 6.92 Å². The van der Waals surface area contributed by atoms with E-state index in [2.05, 4.69) is 27.4 Å². The highest BCUT2D eigenvalue weighted by atomic mass is 19.4. The summed E-state index contributed by atoms with van der Waals surface area (Å²) in [4.78, 5) is 21.4. The van der Waals surface area contributed by atoms with Crippen LogP contribution in [-0.4, -0.2) is 50.7 Å². The Morgan fingerprint density at radius 1 is 1.24 bits per heavy atom. The number of nitrogens with one attached hydrogen (secondary N) is 2. The number of rotatable bonds is 3. The van der Waals surface area contributed by atoms with Crippen molar-refractivity contribution in [3.05, 3.63) is 52.8 Å². The summed E-state index contributed by atoms with van der Waals surface area (Å²) in [6.45, 7) is 3.59. The number of H-pyrrole nitrogens is 1. The molecular weight excluding hydrogens is 445 g/mol. The van der Waals surface area contributed by atoms with Crippen LogP contribution >= 0.6 is 0 Å². The van der Waals surface area contributed by atoms with Gasteiger partial charge in [0.2, 0.25) is 5.60 Å². The molecule has 2 aromatic heterocycles. The highest BCUT2D eigenvalue weighted by Gasteiger charge is 2.57. The first-order valence-corrected chi connectivity index (χ1v) is 11.5. The average molecular weight is 473 g/mol. The number of amides is 1. The molecular formula is C25H27F3N4O2. The van der Waals surface area contributed by atoms with Gasteiger partial charge in [-0.15, -0.1) is 0 Å². The predicted molar refractivity (Wildman–Crippen MR) is 122 cm³/mol. The fourth-order valence-electron chi connectivity index (χ4n) is 5.06. The SMILES string of the molecule is Cc1c[nH]c2ncc(-c3cc4c(c(C5CCCN5)c3)CCN(C(=O)C(C)(O)C(F)(F)F)C4)cc12. The fraction of sp³-hybridized carbons (Fsp3) is 0.440. The van der Waals surface area contributed by atoms with Crippen molar-refractivity contribution in [3.63, 3.8) is 0 Å². The summed E-state index contributed by atoms with van der Waals surface area (Å²) in [7, 11) is 0. The third-order valence-corrected chi connectivity index (χ3v) is 7.13. The van der Waals surface area contributed by atoms with Gasteiger partial charge in [0.15, 0.2) is 0 Å². The number of alkyl halides is 3. The van der Waals surface area contributed by atoms with E-state index in [1.807, 2.05) is 19.2 Å². The van der Waals surface area contributed by atoms with Crippen LogP contribution in [0.1, 0.15) is 48.1 Å². The molecule has 0 aliphatic carbocycles. The van der Waals surface area contributed by atoms with Gasteiger partial charge in [-0.25, -0.2) is 4.98 Å². The zero-order chi connectivity index (χ0) is 24.3. The van der Waals surface area contributed by atoms with Crippen LogP contribution in [0.15, 0.2) is 30.6 Å². The smallest absolute Gasteiger partial charge is 0.373 e. The Morgan fingerprint density at radius 2 is 2.03 bits per heavy atom. The van der Waals surface area contributed by atoms with E-state index in [0.717, 1.165) is 68.7 Å². The molecule has 5 rings (SSSR count). The molecule has 0 bridgehead atoms. The van der Waals surface area contributed by atoms with Crippen LogP contribution in [0.5, 0.6) is 0 Å². The zero-order valence-corrected chi connectivity index (χ0v) is 19.1. The predicted octanol–water partition coefficient (Wildman–Crippen LogP) is 4.16. The lowest BCUT2D eigenvalue weighted by Gasteiger charge is -2.36. The maximum Gasteiger partial charge on any atom is 0.426 e. The number of hydrogen-bond donors (Lipinski definition) is 3. The van der Waals surface area contributed by atoms with Gasteiger partial charge in [-0.2, -0.15) is 13.2 Å². The van der Waals surface area contributed by atoms with Gasteiger partial charge in [-0.3, -0.25) is 4.79 Å². The third-order valence-electron chi connectivity index (χ3n) is 7.13. The molecule has 2 aliphatic heterocycles. The van der Waals surface area contributed by atoms with Gasteiger partial charge in [0.25, 0.3) is 5.91 Å². The van der Waals surface area contributed by atoms with E-state index in [1.54, 1.807) is 6.20 Å². The molecule has 0 spiro atoms. The van der Waals surface area contributed by atoms with E-state index >= 15 is 0 Å². The molecule has 2 aliphatic rings. The summed E-state index contributed by atoms with van der Waals surface area (Å²) in [5.41, 5.74) is 3.28. The van der Waals surface area contributed by atoms with Crippen molar-refractivity contribution >= 4 is 16.9 Å². The van der Waals surface area contributed by atoms with Crippen molar-refractivity contribution in [2.45, 2.75) is 57.5 Å². The first-order valence-electron chi connectivity index (χ1n) is 11.5. The monoisotopic (exact) mass is 472 g/mol. The maximum atomic E-state index is 13.3. The molecule has 2 unspecified atom stereocenters. The zero-order valence-electron chi connectivity index (χ0n) is 19.1. The number of hydrogen-bond acceptors (Lipinski definition) is 4. The van der Waals surface area contributed by atoms with Gasteiger partial charge in [-0.1, -0.05) is 0 Å². The second-order valence-electron chi connectivity index (χ2n) is 9.49.